The molecule has 0 fully saturated rings. The molecule has 18 heavy (non-hydrogen) atoms. The van der Waals surface area contributed by atoms with Gasteiger partial charge >= 0.3 is 0 Å². The monoisotopic (exact) mass is 295 g/mol. The van der Waals surface area contributed by atoms with Gasteiger partial charge in [0.15, 0.2) is 0 Å². The molecule has 0 saturated carbocycles. The van der Waals surface area contributed by atoms with Crippen LogP contribution in [0.15, 0.2) is 6.20 Å². The number of aromatic nitrogens is 1. The molecule has 0 aromatic carbocycles. The van der Waals surface area contributed by atoms with E-state index in [0.29, 0.717) is 19.3 Å². The third-order valence-electron chi connectivity index (χ3n) is 2.79. The van der Waals surface area contributed by atoms with E-state index in [1.807, 2.05) is 0 Å². The van der Waals surface area contributed by atoms with E-state index in [9.17, 15) is 10.2 Å². The lowest BCUT2D eigenvalue weighted by molar-refractivity contribution is 0.191. The maximum atomic E-state index is 9.64. The summed E-state index contributed by atoms with van der Waals surface area (Å²) in [6, 6.07) is 0. The molecular weight excluding hydrogens is 277 g/mol. The Balaban J connectivity index is 2.87. The van der Waals surface area contributed by atoms with Crippen LogP contribution in [0.1, 0.15) is 16.8 Å². The molecule has 0 aliphatic carbocycles. The molecule has 104 valence electrons. The number of H-pyrrole nitrogens is 1. The smallest absolute Gasteiger partial charge is 0.0730 e. The first-order valence-electron chi connectivity index (χ1n) is 5.89. The van der Waals surface area contributed by atoms with E-state index in [2.05, 4.69) is 4.98 Å². The fourth-order valence-corrected chi connectivity index (χ4v) is 2.12. The molecule has 4 N–H and O–H groups in total. The Bertz CT molecular complexity index is 357. The number of aromatic amines is 1. The number of hydrogen-bond acceptors (Lipinski definition) is 3. The van der Waals surface area contributed by atoms with Gasteiger partial charge in [-0.2, -0.15) is 0 Å². The molecule has 0 aliphatic rings. The van der Waals surface area contributed by atoms with Crippen LogP contribution in [0.2, 0.25) is 0 Å². The Morgan fingerprint density at radius 1 is 1.11 bits per heavy atom. The normalized spacial score (nSPS) is 14.7. The fraction of sp³-hybridized carbons (Fsp3) is 0.667. The quantitative estimate of drug-likeness (QED) is 0.537. The Morgan fingerprint density at radius 2 is 1.72 bits per heavy atom. The van der Waals surface area contributed by atoms with Crippen molar-refractivity contribution in [2.24, 2.45) is 0 Å². The Labute approximate surface area is 117 Å². The molecular formula is C12H19Cl2NO3. The van der Waals surface area contributed by atoms with E-state index in [4.69, 9.17) is 28.3 Å². The summed E-state index contributed by atoms with van der Waals surface area (Å²) in [6.07, 6.45) is 1.86. The van der Waals surface area contributed by atoms with Crippen LogP contribution in [0.4, 0.5) is 0 Å². The van der Waals surface area contributed by atoms with Crippen molar-refractivity contribution >= 4 is 23.2 Å². The van der Waals surface area contributed by atoms with Crippen molar-refractivity contribution in [3.63, 3.8) is 0 Å². The molecule has 1 rings (SSSR count). The minimum Gasteiger partial charge on any atom is -0.396 e. The summed E-state index contributed by atoms with van der Waals surface area (Å²) in [5.41, 5.74) is 2.70. The molecule has 0 bridgehead atoms. The first-order chi connectivity index (χ1) is 8.62. The van der Waals surface area contributed by atoms with Crippen LogP contribution in [-0.2, 0) is 19.3 Å². The molecule has 6 heteroatoms. The van der Waals surface area contributed by atoms with Gasteiger partial charge in [-0.25, -0.2) is 0 Å². The van der Waals surface area contributed by atoms with Crippen LogP contribution in [0.3, 0.4) is 0 Å². The summed E-state index contributed by atoms with van der Waals surface area (Å²) in [4.78, 5) is 3.07. The molecule has 0 spiro atoms. The lowest BCUT2D eigenvalue weighted by Gasteiger charge is -2.12. The Kier molecular flexibility index (Phi) is 7.04. The summed E-state index contributed by atoms with van der Waals surface area (Å²) in [5, 5.41) is 28.2. The van der Waals surface area contributed by atoms with E-state index in [-0.39, 0.29) is 18.4 Å². The van der Waals surface area contributed by atoms with Crippen LogP contribution in [-0.4, -0.2) is 50.9 Å². The second kappa shape index (κ2) is 8.02. The fourth-order valence-electron chi connectivity index (χ4n) is 1.90. The molecule has 0 saturated heterocycles. The largest absolute Gasteiger partial charge is 0.396 e. The van der Waals surface area contributed by atoms with Crippen LogP contribution in [0.25, 0.3) is 0 Å². The Morgan fingerprint density at radius 3 is 2.28 bits per heavy atom. The average molecular weight is 296 g/mol. The second-order valence-corrected chi connectivity index (χ2v) is 4.89. The van der Waals surface area contributed by atoms with Gasteiger partial charge in [-0.05, 0) is 17.5 Å². The number of hydrogen-bond donors (Lipinski definition) is 4. The van der Waals surface area contributed by atoms with E-state index in [1.54, 1.807) is 6.20 Å². The van der Waals surface area contributed by atoms with Crippen molar-refractivity contribution in [2.75, 3.05) is 18.4 Å². The van der Waals surface area contributed by atoms with Crippen molar-refractivity contribution in [3.05, 3.63) is 23.0 Å². The topological polar surface area (TPSA) is 76.5 Å². The summed E-state index contributed by atoms with van der Waals surface area (Å²) >= 11 is 11.2. The molecule has 1 aromatic rings. The number of aliphatic hydroxyl groups excluding tert-OH is 3. The van der Waals surface area contributed by atoms with Crippen LogP contribution in [0, 0.1) is 0 Å². The highest BCUT2D eigenvalue weighted by Gasteiger charge is 2.16. The number of halogens is 2. The average Bonchev–Trinajstić information content (AvgIpc) is 2.72. The highest BCUT2D eigenvalue weighted by molar-refractivity contribution is 6.18. The highest BCUT2D eigenvalue weighted by Crippen LogP contribution is 2.19. The van der Waals surface area contributed by atoms with Crippen molar-refractivity contribution in [2.45, 2.75) is 31.5 Å². The Hall–Kier alpha value is -0.260. The standard InChI is InChI=1S/C12H19Cl2NO3/c13-5-9(17)3-11-8(1-2-16)7-15-12(11)4-10(18)6-14/h7,9-10,15-18H,1-6H2. The lowest BCUT2D eigenvalue weighted by Crippen LogP contribution is -2.17. The first-order valence-corrected chi connectivity index (χ1v) is 6.96. The molecule has 2 atom stereocenters. The predicted molar refractivity (Wildman–Crippen MR) is 72.4 cm³/mol. The molecule has 0 radical (unpaired) electrons. The number of nitrogens with one attached hydrogen (secondary N) is 1. The first kappa shape index (κ1) is 15.8. The number of alkyl halides is 2. The van der Waals surface area contributed by atoms with Crippen LogP contribution in [0.5, 0.6) is 0 Å². The SMILES string of the molecule is OCCc1c[nH]c(CC(O)CCl)c1CC(O)CCl. The maximum absolute atomic E-state index is 9.64. The van der Waals surface area contributed by atoms with Gasteiger partial charge in [0.1, 0.15) is 0 Å². The summed E-state index contributed by atoms with van der Waals surface area (Å²) in [6.45, 7) is 0.0410. The second-order valence-electron chi connectivity index (χ2n) is 4.27. The molecule has 0 aliphatic heterocycles. The summed E-state index contributed by atoms with van der Waals surface area (Å²) in [5.74, 6) is 0.313. The third kappa shape index (κ3) is 4.44. The number of rotatable bonds is 8. The van der Waals surface area contributed by atoms with Gasteiger partial charge in [-0.3, -0.25) is 0 Å². The van der Waals surface area contributed by atoms with Gasteiger partial charge in [0.05, 0.1) is 12.2 Å². The van der Waals surface area contributed by atoms with Gasteiger partial charge in [0, 0.05) is 43.1 Å². The molecule has 0 amide bonds. The summed E-state index contributed by atoms with van der Waals surface area (Å²) < 4.78 is 0. The van der Waals surface area contributed by atoms with Gasteiger partial charge in [0.2, 0.25) is 0 Å². The van der Waals surface area contributed by atoms with Gasteiger partial charge in [-0.15, -0.1) is 23.2 Å². The van der Waals surface area contributed by atoms with Crippen LogP contribution >= 0.6 is 23.2 Å². The van der Waals surface area contributed by atoms with E-state index in [1.165, 1.54) is 0 Å². The van der Waals surface area contributed by atoms with Crippen molar-refractivity contribution in [1.82, 2.24) is 4.98 Å². The van der Waals surface area contributed by atoms with Crippen molar-refractivity contribution in [3.8, 4) is 0 Å². The number of aliphatic hydroxyl groups is 3. The highest BCUT2D eigenvalue weighted by atomic mass is 35.5. The zero-order valence-electron chi connectivity index (χ0n) is 10.1. The predicted octanol–water partition coefficient (Wildman–Crippen LogP) is 0.834. The van der Waals surface area contributed by atoms with E-state index in [0.717, 1.165) is 16.8 Å². The third-order valence-corrected chi connectivity index (χ3v) is 3.50. The van der Waals surface area contributed by atoms with E-state index >= 15 is 0 Å². The van der Waals surface area contributed by atoms with Crippen molar-refractivity contribution < 1.29 is 15.3 Å². The zero-order valence-corrected chi connectivity index (χ0v) is 11.6. The summed E-state index contributed by atoms with van der Waals surface area (Å²) in [7, 11) is 0. The molecule has 2 unspecified atom stereocenters. The van der Waals surface area contributed by atoms with E-state index < -0.39 is 12.2 Å². The minimum atomic E-state index is -0.633. The molecule has 1 heterocycles. The molecule has 1 aromatic heterocycles. The minimum absolute atomic E-state index is 0.0410. The van der Waals surface area contributed by atoms with Crippen molar-refractivity contribution in [1.29, 1.82) is 0 Å². The van der Waals surface area contributed by atoms with Gasteiger partial charge in [-0.1, -0.05) is 0 Å². The molecule has 4 nitrogen and oxygen atoms in total. The van der Waals surface area contributed by atoms with Gasteiger partial charge in [0.25, 0.3) is 0 Å². The van der Waals surface area contributed by atoms with Gasteiger partial charge < -0.3 is 20.3 Å². The maximum Gasteiger partial charge on any atom is 0.0730 e. The lowest BCUT2D eigenvalue weighted by atomic mass is 10.00. The zero-order chi connectivity index (χ0) is 13.5. The van der Waals surface area contributed by atoms with Crippen LogP contribution < -0.4 is 0 Å².